The Kier molecular flexibility index (Phi) is 14.9. The highest BCUT2D eigenvalue weighted by atomic mass is 32.1. The Bertz CT molecular complexity index is 2400. The van der Waals surface area contributed by atoms with Gasteiger partial charge in [0.05, 0.1) is 11.3 Å². The fourth-order valence-electron chi connectivity index (χ4n) is 7.47. The van der Waals surface area contributed by atoms with Gasteiger partial charge in [0.2, 0.25) is 23.6 Å². The number of unbranched alkanes of at least 4 members (excludes halogenated alkanes) is 2. The number of allylic oxidation sites excluding steroid dienone is 1. The van der Waals surface area contributed by atoms with Crippen LogP contribution in [0.5, 0.6) is 0 Å². The van der Waals surface area contributed by atoms with Crippen molar-refractivity contribution in [3.8, 4) is 10.6 Å². The molecular weight excluding hydrogens is 785 g/mol. The van der Waals surface area contributed by atoms with Crippen molar-refractivity contribution in [3.05, 3.63) is 125 Å². The number of fused-ring (bicyclic) bond motifs is 1. The van der Waals surface area contributed by atoms with Gasteiger partial charge in [-0.3, -0.25) is 24.0 Å². The summed E-state index contributed by atoms with van der Waals surface area (Å²) in [7, 11) is 0. The zero-order valence-corrected chi connectivity index (χ0v) is 36.5. The van der Waals surface area contributed by atoms with E-state index < -0.39 is 17.5 Å². The van der Waals surface area contributed by atoms with Crippen molar-refractivity contribution in [2.45, 2.75) is 91.8 Å². The number of rotatable bonds is 16. The number of carbonyl (C=O) groups excluding carboxylic acids is 5. The molecule has 1 aromatic heterocycles. The molecule has 0 spiro atoms. The molecule has 2 atom stereocenters. The Morgan fingerprint density at radius 2 is 1.62 bits per heavy atom. The number of likely N-dealkylation sites (tertiary alicyclic amines) is 1. The van der Waals surface area contributed by atoms with Gasteiger partial charge in [-0.1, -0.05) is 100.0 Å². The standard InChI is InChI=1S/C49H56N6O5S/c1-32(37-25-24-35-14-8-9-15-38(35)29-37)28-43(57)53-40-17-11-10-16-39(40)45(58)50-26-12-6-7-19-42(56)54-44(49(3,4)5)48(60)55-27-13-18-41(55)46(59)51-30-34-20-22-36(23-21-34)47-52-33(2)31-61-47/h8-11,14-17,20-25,28-29,31,41,44H,6-7,12-13,18-19,26-27,30H2,1-5H3,(H,50,58)(H,51,59)(H,53,57)(H,54,56)/b32-28+. The quantitative estimate of drug-likeness (QED) is 0.0579. The van der Waals surface area contributed by atoms with Crippen LogP contribution in [0.3, 0.4) is 0 Å². The van der Waals surface area contributed by atoms with Crippen LogP contribution in [0.1, 0.15) is 93.4 Å². The van der Waals surface area contributed by atoms with Crippen LogP contribution in [-0.4, -0.2) is 64.6 Å². The lowest BCUT2D eigenvalue weighted by Crippen LogP contribution is -2.57. The van der Waals surface area contributed by atoms with E-state index in [-0.39, 0.29) is 36.0 Å². The fourth-order valence-corrected chi connectivity index (χ4v) is 8.27. The van der Waals surface area contributed by atoms with Gasteiger partial charge >= 0.3 is 0 Å². The first-order chi connectivity index (χ1) is 29.3. The van der Waals surface area contributed by atoms with Gasteiger partial charge in [0.25, 0.3) is 5.91 Å². The molecule has 1 aliphatic rings. The van der Waals surface area contributed by atoms with Crippen LogP contribution in [-0.2, 0) is 25.7 Å². The minimum atomic E-state index is -0.798. The van der Waals surface area contributed by atoms with Crippen molar-refractivity contribution >= 4 is 62.9 Å². The fraction of sp³-hybridized carbons (Fsp3) is 0.347. The number of hydrogen-bond acceptors (Lipinski definition) is 7. The number of nitrogens with zero attached hydrogens (tertiary/aromatic N) is 2. The van der Waals surface area contributed by atoms with Crippen LogP contribution in [0.15, 0.2) is 102 Å². The largest absolute Gasteiger partial charge is 0.352 e. The van der Waals surface area contributed by atoms with Crippen molar-refractivity contribution in [3.63, 3.8) is 0 Å². The number of aryl methyl sites for hydroxylation is 1. The van der Waals surface area contributed by atoms with Crippen molar-refractivity contribution in [1.29, 1.82) is 0 Å². The van der Waals surface area contributed by atoms with Gasteiger partial charge < -0.3 is 26.2 Å². The van der Waals surface area contributed by atoms with Crippen LogP contribution >= 0.6 is 11.3 Å². The van der Waals surface area contributed by atoms with Crippen LogP contribution < -0.4 is 21.3 Å². The minimum absolute atomic E-state index is 0.204. The van der Waals surface area contributed by atoms with E-state index in [1.54, 1.807) is 40.5 Å². The van der Waals surface area contributed by atoms with E-state index in [4.69, 9.17) is 0 Å². The lowest BCUT2D eigenvalue weighted by atomic mass is 9.85. The van der Waals surface area contributed by atoms with Crippen LogP contribution in [0, 0.1) is 12.3 Å². The zero-order valence-electron chi connectivity index (χ0n) is 35.7. The predicted molar refractivity (Wildman–Crippen MR) is 244 cm³/mol. The van der Waals surface area contributed by atoms with Crippen LogP contribution in [0.25, 0.3) is 26.9 Å². The second kappa shape index (κ2) is 20.4. The van der Waals surface area contributed by atoms with Gasteiger partial charge in [-0.15, -0.1) is 11.3 Å². The summed E-state index contributed by atoms with van der Waals surface area (Å²) < 4.78 is 0. The number of anilines is 1. The first kappa shape index (κ1) is 44.4. The van der Waals surface area contributed by atoms with Crippen molar-refractivity contribution < 1.29 is 24.0 Å². The number of para-hydroxylation sites is 1. The minimum Gasteiger partial charge on any atom is -0.352 e. The molecule has 5 aromatic rings. The molecule has 4 aromatic carbocycles. The lowest BCUT2D eigenvalue weighted by Gasteiger charge is -2.35. The summed E-state index contributed by atoms with van der Waals surface area (Å²) in [6, 6.07) is 27.6. The number of aromatic nitrogens is 1. The smallest absolute Gasteiger partial charge is 0.253 e. The number of carbonyl (C=O) groups is 5. The van der Waals surface area contributed by atoms with Crippen molar-refractivity contribution in [1.82, 2.24) is 25.8 Å². The highest BCUT2D eigenvalue weighted by Crippen LogP contribution is 2.28. The molecule has 6 rings (SSSR count). The topological polar surface area (TPSA) is 150 Å². The van der Waals surface area contributed by atoms with Gasteiger partial charge in [0.1, 0.15) is 17.1 Å². The Morgan fingerprint density at radius 1 is 0.885 bits per heavy atom. The van der Waals surface area contributed by atoms with Crippen molar-refractivity contribution in [2.75, 3.05) is 18.4 Å². The zero-order chi connectivity index (χ0) is 43.5. The molecular formula is C49H56N6O5S. The normalized spacial score (nSPS) is 14.7. The number of thiazole rings is 1. The van der Waals surface area contributed by atoms with Crippen molar-refractivity contribution in [2.24, 2.45) is 5.41 Å². The number of amides is 5. The molecule has 1 aliphatic heterocycles. The summed E-state index contributed by atoms with van der Waals surface area (Å²) in [5, 5.41) is 17.0. The highest BCUT2D eigenvalue weighted by Gasteiger charge is 2.41. The maximum Gasteiger partial charge on any atom is 0.253 e. The average molecular weight is 841 g/mol. The summed E-state index contributed by atoms with van der Waals surface area (Å²) in [5.74, 6) is -1.33. The molecule has 0 saturated carbocycles. The van der Waals surface area contributed by atoms with E-state index in [1.807, 2.05) is 107 Å². The Morgan fingerprint density at radius 3 is 2.36 bits per heavy atom. The summed E-state index contributed by atoms with van der Waals surface area (Å²) in [5.41, 5.74) is 4.89. The van der Waals surface area contributed by atoms with Gasteiger partial charge in [-0.2, -0.15) is 0 Å². The van der Waals surface area contributed by atoms with E-state index >= 15 is 0 Å². The third-order valence-corrected chi connectivity index (χ3v) is 11.9. The third-order valence-electron chi connectivity index (χ3n) is 10.9. The van der Waals surface area contributed by atoms with E-state index in [0.717, 1.165) is 43.7 Å². The summed E-state index contributed by atoms with van der Waals surface area (Å²) >= 11 is 1.60. The monoisotopic (exact) mass is 840 g/mol. The molecule has 5 amide bonds. The Balaban J connectivity index is 0.929. The number of nitrogens with one attached hydrogen (secondary N) is 4. The molecule has 0 radical (unpaired) electrons. The van der Waals surface area contributed by atoms with E-state index in [0.29, 0.717) is 63.0 Å². The molecule has 1 fully saturated rings. The summed E-state index contributed by atoms with van der Waals surface area (Å²) in [6.45, 7) is 10.8. The first-order valence-electron chi connectivity index (χ1n) is 21.0. The number of hydrogen-bond donors (Lipinski definition) is 4. The molecule has 1 saturated heterocycles. The molecule has 2 unspecified atom stereocenters. The Hall–Kier alpha value is -6.14. The summed E-state index contributed by atoms with van der Waals surface area (Å²) in [4.78, 5) is 72.9. The molecule has 0 bridgehead atoms. The van der Waals surface area contributed by atoms with Gasteiger partial charge in [0.15, 0.2) is 0 Å². The molecule has 2 heterocycles. The molecule has 12 heteroatoms. The Labute approximate surface area is 362 Å². The molecule has 4 N–H and O–H groups in total. The maximum atomic E-state index is 14.0. The maximum absolute atomic E-state index is 14.0. The van der Waals surface area contributed by atoms with E-state index in [1.165, 1.54) is 6.08 Å². The third kappa shape index (κ3) is 12.0. The second-order valence-corrected chi connectivity index (χ2v) is 17.6. The van der Waals surface area contributed by atoms with E-state index in [2.05, 4.69) is 26.3 Å². The SMILES string of the molecule is C/C(=C\C(=O)Nc1ccccc1C(=O)NCCCCCC(=O)NC(C(=O)N1CCCC1C(=O)NCc1ccc(-c2nc(C)cs2)cc1)C(C)(C)C)c1ccc2ccccc2c1. The van der Waals surface area contributed by atoms with Gasteiger partial charge in [0, 0.05) is 48.8 Å². The molecule has 318 valence electrons. The second-order valence-electron chi connectivity index (χ2n) is 16.8. The highest BCUT2D eigenvalue weighted by molar-refractivity contribution is 7.13. The lowest BCUT2D eigenvalue weighted by molar-refractivity contribution is -0.143. The molecule has 11 nitrogen and oxygen atoms in total. The molecule has 0 aliphatic carbocycles. The predicted octanol–water partition coefficient (Wildman–Crippen LogP) is 8.44. The number of benzene rings is 4. The van der Waals surface area contributed by atoms with Gasteiger partial charge in [-0.05, 0) is 90.6 Å². The summed E-state index contributed by atoms with van der Waals surface area (Å²) in [6.07, 6.45) is 4.91. The van der Waals surface area contributed by atoms with Gasteiger partial charge in [-0.25, -0.2) is 4.98 Å². The average Bonchev–Trinajstić information content (AvgIpc) is 3.92. The van der Waals surface area contributed by atoms with Crippen LogP contribution in [0.2, 0.25) is 0 Å². The molecule has 61 heavy (non-hydrogen) atoms. The first-order valence-corrected chi connectivity index (χ1v) is 21.9. The van der Waals surface area contributed by atoms with E-state index in [9.17, 15) is 24.0 Å². The van der Waals surface area contributed by atoms with Crippen LogP contribution in [0.4, 0.5) is 5.69 Å².